The van der Waals surface area contributed by atoms with Crippen molar-refractivity contribution in [3.05, 3.63) is 0 Å². The minimum absolute atomic E-state index is 0. The number of piperazine rings is 1. The number of nitrogens with zero attached hydrogens (tertiary/aromatic N) is 4. The van der Waals surface area contributed by atoms with Crippen LogP contribution in [0.1, 0.15) is 33.6 Å². The maximum absolute atomic E-state index is 12.5. The summed E-state index contributed by atoms with van der Waals surface area (Å²) in [7, 11) is 0. The van der Waals surface area contributed by atoms with Crippen molar-refractivity contribution in [2.75, 3.05) is 65.6 Å². The van der Waals surface area contributed by atoms with Gasteiger partial charge in [-0.1, -0.05) is 0 Å². The molecule has 3 fully saturated rings. The molecule has 8 nitrogen and oxygen atoms in total. The third kappa shape index (κ3) is 6.67. The first-order valence-electron chi connectivity index (χ1n) is 10.9. The molecule has 3 rings (SSSR count). The summed E-state index contributed by atoms with van der Waals surface area (Å²) >= 11 is 0. The molecule has 3 saturated heterocycles. The van der Waals surface area contributed by atoms with Crippen LogP contribution in [0.5, 0.6) is 0 Å². The fourth-order valence-electron chi connectivity index (χ4n) is 4.26. The van der Waals surface area contributed by atoms with Gasteiger partial charge in [0.25, 0.3) is 5.91 Å². The van der Waals surface area contributed by atoms with Crippen molar-refractivity contribution in [3.8, 4) is 0 Å². The van der Waals surface area contributed by atoms with Crippen molar-refractivity contribution in [3.63, 3.8) is 0 Å². The van der Waals surface area contributed by atoms with Crippen LogP contribution in [0, 0.1) is 0 Å². The summed E-state index contributed by atoms with van der Waals surface area (Å²) in [5.41, 5.74) is 0. The Labute approximate surface area is 192 Å². The van der Waals surface area contributed by atoms with E-state index in [1.165, 1.54) is 0 Å². The monoisotopic (exact) mass is 523 g/mol. The highest BCUT2D eigenvalue weighted by Crippen LogP contribution is 2.16. The fourth-order valence-corrected chi connectivity index (χ4v) is 4.26. The minimum Gasteiger partial charge on any atom is -0.379 e. The highest BCUT2D eigenvalue weighted by molar-refractivity contribution is 14.0. The molecule has 3 aliphatic rings. The van der Waals surface area contributed by atoms with Gasteiger partial charge in [0.1, 0.15) is 6.10 Å². The van der Waals surface area contributed by atoms with Gasteiger partial charge in [0.15, 0.2) is 5.96 Å². The highest BCUT2D eigenvalue weighted by atomic mass is 127. The van der Waals surface area contributed by atoms with Crippen LogP contribution in [0.15, 0.2) is 4.99 Å². The van der Waals surface area contributed by atoms with Crippen molar-refractivity contribution in [1.29, 1.82) is 0 Å². The number of morpholine rings is 1. The van der Waals surface area contributed by atoms with Gasteiger partial charge in [-0.15, -0.1) is 24.0 Å². The van der Waals surface area contributed by atoms with E-state index in [0.29, 0.717) is 18.7 Å². The third-order valence-corrected chi connectivity index (χ3v) is 5.92. The molecule has 0 saturated carbocycles. The number of halogens is 1. The number of guanidine groups is 1. The van der Waals surface area contributed by atoms with E-state index in [9.17, 15) is 4.79 Å². The number of hydrogen-bond acceptors (Lipinski definition) is 5. The molecule has 0 aromatic heterocycles. The number of ether oxygens (including phenoxy) is 2. The van der Waals surface area contributed by atoms with Gasteiger partial charge in [-0.3, -0.25) is 14.7 Å². The van der Waals surface area contributed by atoms with Gasteiger partial charge in [-0.05, 0) is 33.6 Å². The quantitative estimate of drug-likeness (QED) is 0.330. The molecule has 1 N–H and O–H groups in total. The van der Waals surface area contributed by atoms with Crippen LogP contribution in [-0.2, 0) is 14.3 Å². The molecule has 3 unspecified atom stereocenters. The van der Waals surface area contributed by atoms with Gasteiger partial charge in [0, 0.05) is 58.0 Å². The number of carbonyl (C=O) groups excluding carboxylic acids is 1. The molecule has 168 valence electrons. The zero-order valence-electron chi connectivity index (χ0n) is 18.1. The normalized spacial score (nSPS) is 27.5. The molecule has 0 aliphatic carbocycles. The van der Waals surface area contributed by atoms with Gasteiger partial charge in [-0.2, -0.15) is 0 Å². The molecule has 3 atom stereocenters. The Morgan fingerprint density at radius 2 is 1.90 bits per heavy atom. The summed E-state index contributed by atoms with van der Waals surface area (Å²) in [4.78, 5) is 24.2. The lowest BCUT2D eigenvalue weighted by Gasteiger charge is -2.38. The van der Waals surface area contributed by atoms with Crippen molar-refractivity contribution < 1.29 is 14.3 Å². The van der Waals surface area contributed by atoms with E-state index < -0.39 is 0 Å². The van der Waals surface area contributed by atoms with Crippen LogP contribution in [-0.4, -0.2) is 110 Å². The van der Waals surface area contributed by atoms with E-state index in [4.69, 9.17) is 14.5 Å². The molecule has 0 aromatic rings. The lowest BCUT2D eigenvalue weighted by molar-refractivity contribution is -0.142. The van der Waals surface area contributed by atoms with Crippen molar-refractivity contribution in [2.24, 2.45) is 4.99 Å². The topological polar surface area (TPSA) is 69.6 Å². The van der Waals surface area contributed by atoms with Gasteiger partial charge in [-0.25, -0.2) is 0 Å². The Morgan fingerprint density at radius 1 is 1.17 bits per heavy atom. The smallest absolute Gasteiger partial charge is 0.251 e. The summed E-state index contributed by atoms with van der Waals surface area (Å²) in [5.74, 6) is 1.12. The molecular weight excluding hydrogens is 485 g/mol. The second-order valence-electron chi connectivity index (χ2n) is 8.02. The Morgan fingerprint density at radius 3 is 2.52 bits per heavy atom. The van der Waals surface area contributed by atoms with Crippen LogP contribution >= 0.6 is 24.0 Å². The molecule has 3 heterocycles. The second-order valence-corrected chi connectivity index (χ2v) is 8.02. The molecule has 3 aliphatic heterocycles. The molecular formula is C20H38IN5O3. The van der Waals surface area contributed by atoms with Gasteiger partial charge in [0.2, 0.25) is 0 Å². The minimum atomic E-state index is -0.218. The van der Waals surface area contributed by atoms with Crippen molar-refractivity contribution >= 4 is 35.8 Å². The van der Waals surface area contributed by atoms with E-state index in [0.717, 1.165) is 77.8 Å². The Kier molecular flexibility index (Phi) is 10.4. The Bertz CT molecular complexity index is 536. The summed E-state index contributed by atoms with van der Waals surface area (Å²) in [6.07, 6.45) is 1.64. The second kappa shape index (κ2) is 12.3. The Hall–Kier alpha value is -0.650. The molecule has 9 heteroatoms. The number of nitrogens with one attached hydrogen (secondary N) is 1. The lowest BCUT2D eigenvalue weighted by Crippen LogP contribution is -2.55. The summed E-state index contributed by atoms with van der Waals surface area (Å²) in [6.45, 7) is 14.6. The average Bonchev–Trinajstić information content (AvgIpc) is 3.26. The van der Waals surface area contributed by atoms with Crippen LogP contribution in [0.3, 0.4) is 0 Å². The molecule has 1 amide bonds. The van der Waals surface area contributed by atoms with Crippen molar-refractivity contribution in [1.82, 2.24) is 20.0 Å². The molecule has 0 spiro atoms. The number of rotatable bonds is 5. The summed E-state index contributed by atoms with van der Waals surface area (Å²) < 4.78 is 11.1. The van der Waals surface area contributed by atoms with Gasteiger partial charge in [0.05, 0.1) is 19.8 Å². The lowest BCUT2D eigenvalue weighted by atomic mass is 10.2. The van der Waals surface area contributed by atoms with E-state index in [-0.39, 0.29) is 36.0 Å². The number of carbonyl (C=O) groups is 1. The first-order chi connectivity index (χ1) is 13.6. The van der Waals surface area contributed by atoms with E-state index >= 15 is 0 Å². The number of amides is 1. The highest BCUT2D eigenvalue weighted by Gasteiger charge is 2.31. The fraction of sp³-hybridized carbons (Fsp3) is 0.900. The van der Waals surface area contributed by atoms with E-state index in [1.54, 1.807) is 0 Å². The summed E-state index contributed by atoms with van der Waals surface area (Å²) in [6, 6.07) is 0.823. The standard InChI is InChI=1S/C20H37N5O3.HI/c1-4-21-20(22-14-16(2)25-11-13-27-15-17(25)3)24-9-7-23(8-10-24)19(26)18-6-5-12-28-18;/h16-18H,4-15H2,1-3H3,(H,21,22);1H. The maximum Gasteiger partial charge on any atom is 0.251 e. The zero-order chi connectivity index (χ0) is 19.9. The SMILES string of the molecule is CCNC(=NCC(C)N1CCOCC1C)N1CCN(C(=O)C2CCCO2)CC1.I. The largest absolute Gasteiger partial charge is 0.379 e. The van der Waals surface area contributed by atoms with Crippen LogP contribution in [0.4, 0.5) is 0 Å². The van der Waals surface area contributed by atoms with Crippen LogP contribution in [0.25, 0.3) is 0 Å². The molecule has 0 aromatic carbocycles. The molecule has 0 radical (unpaired) electrons. The van der Waals surface area contributed by atoms with Gasteiger partial charge < -0.3 is 24.6 Å². The average molecular weight is 523 g/mol. The first-order valence-corrected chi connectivity index (χ1v) is 10.9. The predicted molar refractivity (Wildman–Crippen MR) is 125 cm³/mol. The molecule has 29 heavy (non-hydrogen) atoms. The summed E-state index contributed by atoms with van der Waals surface area (Å²) in [5, 5.41) is 3.43. The number of aliphatic imine (C=N–C) groups is 1. The third-order valence-electron chi connectivity index (χ3n) is 5.92. The number of hydrogen-bond donors (Lipinski definition) is 1. The van der Waals surface area contributed by atoms with E-state index in [1.807, 2.05) is 4.90 Å². The Balaban J connectivity index is 0.00000300. The predicted octanol–water partition coefficient (Wildman–Crippen LogP) is 1.00. The van der Waals surface area contributed by atoms with Gasteiger partial charge >= 0.3 is 0 Å². The first kappa shape index (κ1) is 24.6. The van der Waals surface area contributed by atoms with Crippen molar-refractivity contribution in [2.45, 2.75) is 51.8 Å². The zero-order valence-corrected chi connectivity index (χ0v) is 20.5. The van der Waals surface area contributed by atoms with Crippen LogP contribution in [0.2, 0.25) is 0 Å². The maximum atomic E-state index is 12.5. The van der Waals surface area contributed by atoms with E-state index in [2.05, 4.69) is 35.9 Å². The molecule has 0 bridgehead atoms. The van der Waals surface area contributed by atoms with Crippen LogP contribution < -0.4 is 5.32 Å².